The second kappa shape index (κ2) is 6.18. The van der Waals surface area contributed by atoms with E-state index in [0.717, 1.165) is 13.0 Å². The van der Waals surface area contributed by atoms with Crippen LogP contribution in [-0.2, 0) is 9.53 Å². The number of likely N-dealkylation sites (tertiary alicyclic amines) is 1. The van der Waals surface area contributed by atoms with Gasteiger partial charge in [-0.3, -0.25) is 9.69 Å². The van der Waals surface area contributed by atoms with Crippen LogP contribution in [0.3, 0.4) is 0 Å². The number of β-amino-alcohol motifs (C(OH)–C–C–N with tert-alkyl or cyclic N) is 1. The van der Waals surface area contributed by atoms with Crippen molar-refractivity contribution in [2.24, 2.45) is 0 Å². The number of carbonyl (C=O) groups is 1. The average molecular weight is 231 g/mol. The molecule has 1 aliphatic heterocycles. The Morgan fingerprint density at radius 3 is 2.81 bits per heavy atom. The second-order valence-corrected chi connectivity index (χ2v) is 4.53. The number of aliphatic hydroxyl groups is 1. The lowest BCUT2D eigenvalue weighted by atomic mass is 10.2. The van der Waals surface area contributed by atoms with Crippen molar-refractivity contribution >= 4 is 5.97 Å². The Kier molecular flexibility index (Phi) is 5.18. The largest absolute Gasteiger partial charge is 0.480 e. The minimum Gasteiger partial charge on any atom is -0.480 e. The number of aliphatic carboxylic acids is 1. The van der Waals surface area contributed by atoms with Gasteiger partial charge < -0.3 is 14.9 Å². The van der Waals surface area contributed by atoms with Crippen LogP contribution in [-0.4, -0.2) is 59.0 Å². The van der Waals surface area contributed by atoms with Gasteiger partial charge >= 0.3 is 5.97 Å². The summed E-state index contributed by atoms with van der Waals surface area (Å²) in [6, 6.07) is -0.436. The molecule has 0 spiro atoms. The zero-order valence-corrected chi connectivity index (χ0v) is 9.93. The molecule has 2 atom stereocenters. The molecular weight excluding hydrogens is 210 g/mol. The number of nitrogens with zero attached hydrogens (tertiary/aromatic N) is 1. The molecule has 0 aromatic heterocycles. The zero-order chi connectivity index (χ0) is 12.1. The molecule has 2 N–H and O–H groups in total. The van der Waals surface area contributed by atoms with Crippen molar-refractivity contribution in [2.45, 2.75) is 44.9 Å². The van der Waals surface area contributed by atoms with Gasteiger partial charge in [-0.1, -0.05) is 0 Å². The summed E-state index contributed by atoms with van der Waals surface area (Å²) in [5.41, 5.74) is 0. The molecule has 0 saturated carbocycles. The third kappa shape index (κ3) is 4.08. The van der Waals surface area contributed by atoms with Crippen LogP contribution in [0.2, 0.25) is 0 Å². The summed E-state index contributed by atoms with van der Waals surface area (Å²) >= 11 is 0. The maximum Gasteiger partial charge on any atom is 0.320 e. The highest BCUT2D eigenvalue weighted by molar-refractivity contribution is 5.73. The van der Waals surface area contributed by atoms with Crippen LogP contribution in [0.25, 0.3) is 0 Å². The van der Waals surface area contributed by atoms with Gasteiger partial charge in [0.15, 0.2) is 0 Å². The number of hydrogen-bond donors (Lipinski definition) is 2. The third-order valence-electron chi connectivity index (χ3n) is 2.72. The van der Waals surface area contributed by atoms with E-state index in [1.165, 1.54) is 0 Å². The van der Waals surface area contributed by atoms with E-state index in [4.69, 9.17) is 9.84 Å². The fourth-order valence-electron chi connectivity index (χ4n) is 1.95. The molecule has 0 radical (unpaired) electrons. The molecule has 0 bridgehead atoms. The molecule has 1 aliphatic rings. The van der Waals surface area contributed by atoms with Crippen molar-refractivity contribution in [3.8, 4) is 0 Å². The van der Waals surface area contributed by atoms with Gasteiger partial charge in [0.05, 0.1) is 18.8 Å². The minimum atomic E-state index is -0.797. The van der Waals surface area contributed by atoms with Crippen LogP contribution in [0.15, 0.2) is 0 Å². The van der Waals surface area contributed by atoms with E-state index in [-0.39, 0.29) is 12.7 Å². The first-order valence-electron chi connectivity index (χ1n) is 5.77. The summed E-state index contributed by atoms with van der Waals surface area (Å²) in [6.07, 6.45) is 1.03. The number of aliphatic hydroxyl groups excluding tert-OH is 1. The highest BCUT2D eigenvalue weighted by atomic mass is 16.5. The van der Waals surface area contributed by atoms with E-state index in [1.807, 2.05) is 18.7 Å². The molecule has 1 heterocycles. The SMILES string of the molecule is CC(C)OCC(O)CN1CCCC1C(=O)O. The van der Waals surface area contributed by atoms with Gasteiger partial charge in [-0.2, -0.15) is 0 Å². The number of carboxylic acids is 1. The maximum atomic E-state index is 10.9. The molecule has 5 heteroatoms. The Balaban J connectivity index is 2.32. The molecule has 1 fully saturated rings. The van der Waals surface area contributed by atoms with Crippen molar-refractivity contribution in [3.05, 3.63) is 0 Å². The Morgan fingerprint density at radius 2 is 2.25 bits per heavy atom. The molecular formula is C11H21NO4. The number of ether oxygens (including phenoxy) is 1. The first-order valence-corrected chi connectivity index (χ1v) is 5.77. The summed E-state index contributed by atoms with van der Waals surface area (Å²) in [5.74, 6) is -0.797. The molecule has 0 aromatic rings. The van der Waals surface area contributed by atoms with Crippen LogP contribution >= 0.6 is 0 Å². The maximum absolute atomic E-state index is 10.9. The second-order valence-electron chi connectivity index (χ2n) is 4.53. The summed E-state index contributed by atoms with van der Waals surface area (Å²) < 4.78 is 5.29. The van der Waals surface area contributed by atoms with E-state index in [9.17, 15) is 9.90 Å². The predicted molar refractivity (Wildman–Crippen MR) is 59.3 cm³/mol. The number of carboxylic acid groups (broad SMARTS) is 1. The van der Waals surface area contributed by atoms with Gasteiger partial charge in [-0.05, 0) is 33.2 Å². The Bertz CT molecular complexity index is 232. The zero-order valence-electron chi connectivity index (χ0n) is 9.93. The van der Waals surface area contributed by atoms with E-state index >= 15 is 0 Å². The molecule has 0 aliphatic carbocycles. The molecule has 1 saturated heterocycles. The van der Waals surface area contributed by atoms with E-state index in [0.29, 0.717) is 13.0 Å². The van der Waals surface area contributed by atoms with Gasteiger partial charge in [-0.25, -0.2) is 0 Å². The number of hydrogen-bond acceptors (Lipinski definition) is 4. The normalized spacial score (nSPS) is 23.9. The lowest BCUT2D eigenvalue weighted by Crippen LogP contribution is -2.42. The average Bonchev–Trinajstić information content (AvgIpc) is 2.62. The highest BCUT2D eigenvalue weighted by Crippen LogP contribution is 2.17. The minimum absolute atomic E-state index is 0.0866. The first kappa shape index (κ1) is 13.4. The van der Waals surface area contributed by atoms with Gasteiger partial charge in [0.1, 0.15) is 6.04 Å². The van der Waals surface area contributed by atoms with Crippen LogP contribution < -0.4 is 0 Å². The topological polar surface area (TPSA) is 70.0 Å². The first-order chi connectivity index (χ1) is 7.50. The lowest BCUT2D eigenvalue weighted by molar-refractivity contribution is -0.142. The van der Waals surface area contributed by atoms with Crippen molar-refractivity contribution in [1.29, 1.82) is 0 Å². The predicted octanol–water partition coefficient (Wildman–Crippen LogP) is 0.321. The van der Waals surface area contributed by atoms with Crippen molar-refractivity contribution in [3.63, 3.8) is 0 Å². The fourth-order valence-corrected chi connectivity index (χ4v) is 1.95. The van der Waals surface area contributed by atoms with Crippen LogP contribution in [0.4, 0.5) is 0 Å². The monoisotopic (exact) mass is 231 g/mol. The highest BCUT2D eigenvalue weighted by Gasteiger charge is 2.31. The van der Waals surface area contributed by atoms with Crippen LogP contribution in [0, 0.1) is 0 Å². The lowest BCUT2D eigenvalue weighted by Gasteiger charge is -2.24. The van der Waals surface area contributed by atoms with Gasteiger partial charge in [0, 0.05) is 6.54 Å². The standard InChI is InChI=1S/C11H21NO4/c1-8(2)16-7-9(13)6-12-5-3-4-10(12)11(14)15/h8-10,13H,3-7H2,1-2H3,(H,14,15). The van der Waals surface area contributed by atoms with Gasteiger partial charge in [0.2, 0.25) is 0 Å². The Hall–Kier alpha value is -0.650. The van der Waals surface area contributed by atoms with Gasteiger partial charge in [-0.15, -0.1) is 0 Å². The molecule has 1 rings (SSSR count). The summed E-state index contributed by atoms with van der Waals surface area (Å²) in [4.78, 5) is 12.7. The van der Waals surface area contributed by atoms with Crippen molar-refractivity contribution < 1.29 is 19.7 Å². The van der Waals surface area contributed by atoms with Crippen molar-refractivity contribution in [2.75, 3.05) is 19.7 Å². The van der Waals surface area contributed by atoms with Crippen molar-refractivity contribution in [1.82, 2.24) is 4.90 Å². The smallest absolute Gasteiger partial charge is 0.320 e. The molecule has 0 amide bonds. The summed E-state index contributed by atoms with van der Waals surface area (Å²) in [5, 5.41) is 18.7. The fraction of sp³-hybridized carbons (Fsp3) is 0.909. The van der Waals surface area contributed by atoms with Gasteiger partial charge in [0.25, 0.3) is 0 Å². The third-order valence-corrected chi connectivity index (χ3v) is 2.72. The molecule has 94 valence electrons. The molecule has 0 aromatic carbocycles. The van der Waals surface area contributed by atoms with Crippen LogP contribution in [0.1, 0.15) is 26.7 Å². The van der Waals surface area contributed by atoms with E-state index in [1.54, 1.807) is 0 Å². The summed E-state index contributed by atoms with van der Waals surface area (Å²) in [7, 11) is 0. The number of rotatable bonds is 6. The Labute approximate surface area is 96.0 Å². The molecule has 5 nitrogen and oxygen atoms in total. The quantitative estimate of drug-likeness (QED) is 0.689. The Morgan fingerprint density at radius 1 is 1.56 bits per heavy atom. The molecule has 2 unspecified atom stereocenters. The molecule has 16 heavy (non-hydrogen) atoms. The van der Waals surface area contributed by atoms with E-state index in [2.05, 4.69) is 0 Å². The van der Waals surface area contributed by atoms with Crippen LogP contribution in [0.5, 0.6) is 0 Å². The summed E-state index contributed by atoms with van der Waals surface area (Å²) in [6.45, 7) is 5.20. The van der Waals surface area contributed by atoms with E-state index < -0.39 is 18.1 Å².